The van der Waals surface area contributed by atoms with Gasteiger partial charge in [0, 0.05) is 6.92 Å². The quantitative estimate of drug-likeness (QED) is 0.480. The average Bonchev–Trinajstić information content (AvgIpc) is 3.23. The summed E-state index contributed by atoms with van der Waals surface area (Å²) in [6.07, 6.45) is 12.9. The molecule has 8 atom stereocenters. The summed E-state index contributed by atoms with van der Waals surface area (Å²) in [6.45, 7) is 7.13. The second-order valence-corrected chi connectivity index (χ2v) is 11.0. The van der Waals surface area contributed by atoms with Gasteiger partial charge in [0.15, 0.2) is 0 Å². The number of esters is 2. The van der Waals surface area contributed by atoms with E-state index in [0.717, 1.165) is 31.6 Å². The first-order chi connectivity index (χ1) is 13.8. The Morgan fingerprint density at radius 2 is 1.90 bits per heavy atom. The minimum atomic E-state index is -0.131. The highest BCUT2D eigenvalue weighted by Crippen LogP contribution is 2.67. The average molecular weight is 401 g/mol. The van der Waals surface area contributed by atoms with Crippen molar-refractivity contribution in [1.82, 2.24) is 0 Å². The normalized spacial score (nSPS) is 48.8. The summed E-state index contributed by atoms with van der Waals surface area (Å²) < 4.78 is 10.9. The van der Waals surface area contributed by atoms with Crippen molar-refractivity contribution in [1.29, 1.82) is 0 Å². The fraction of sp³-hybridized carbons (Fsp3) is 0.840. The van der Waals surface area contributed by atoms with E-state index in [-0.39, 0.29) is 29.4 Å². The van der Waals surface area contributed by atoms with Gasteiger partial charge in [-0.2, -0.15) is 0 Å². The van der Waals surface area contributed by atoms with Gasteiger partial charge >= 0.3 is 11.9 Å². The monoisotopic (exact) mass is 400 g/mol. The van der Waals surface area contributed by atoms with Gasteiger partial charge in [-0.05, 0) is 92.3 Å². The lowest BCUT2D eigenvalue weighted by atomic mass is 9.45. The Kier molecular flexibility index (Phi) is 4.64. The first kappa shape index (κ1) is 19.6. The molecule has 29 heavy (non-hydrogen) atoms. The molecule has 1 aliphatic heterocycles. The number of carbonyl (C=O) groups is 2. The summed E-state index contributed by atoms with van der Waals surface area (Å²) in [6, 6.07) is 0. The third kappa shape index (κ3) is 2.91. The molecule has 0 aromatic heterocycles. The van der Waals surface area contributed by atoms with Crippen molar-refractivity contribution in [2.24, 2.45) is 40.4 Å². The van der Waals surface area contributed by atoms with Crippen LogP contribution in [0.25, 0.3) is 0 Å². The zero-order chi connectivity index (χ0) is 20.4. The van der Waals surface area contributed by atoms with Gasteiger partial charge in [-0.3, -0.25) is 9.59 Å². The second-order valence-electron chi connectivity index (χ2n) is 11.0. The summed E-state index contributed by atoms with van der Waals surface area (Å²) in [7, 11) is 0. The minimum absolute atomic E-state index is 0.0486. The predicted octanol–water partition coefficient (Wildman–Crippen LogP) is 5.06. The smallest absolute Gasteiger partial charge is 0.309 e. The number of hydrogen-bond donors (Lipinski definition) is 0. The number of allylic oxidation sites excluding steroid dienone is 2. The molecule has 160 valence electrons. The Morgan fingerprint density at radius 1 is 1.07 bits per heavy atom. The second kappa shape index (κ2) is 6.85. The van der Waals surface area contributed by atoms with Gasteiger partial charge in [0.2, 0.25) is 0 Å². The van der Waals surface area contributed by atoms with Crippen molar-refractivity contribution >= 4 is 11.9 Å². The standard InChI is InChI=1S/C25H36O4/c1-15(26)29-17-8-11-24(2)16(14-17)4-5-18-20-6-7-21(19-10-13-28-23(19)27)25(20,3)12-9-22(18)24/h6,16-19,21-22H,4-5,7-14H2,1-3H3/t16-,17+,18+,19-,21-,22+,24+,25+/m1/s1. The summed E-state index contributed by atoms with van der Waals surface area (Å²) in [5.41, 5.74) is 2.24. The van der Waals surface area contributed by atoms with E-state index in [0.29, 0.717) is 29.8 Å². The van der Waals surface area contributed by atoms with Crippen LogP contribution in [0.3, 0.4) is 0 Å². The predicted molar refractivity (Wildman–Crippen MR) is 110 cm³/mol. The summed E-state index contributed by atoms with van der Waals surface area (Å²) in [5, 5.41) is 0. The lowest BCUT2D eigenvalue weighted by Crippen LogP contribution is -2.52. The first-order valence-corrected chi connectivity index (χ1v) is 11.9. The van der Waals surface area contributed by atoms with E-state index in [2.05, 4.69) is 19.9 Å². The molecule has 4 heteroatoms. The van der Waals surface area contributed by atoms with E-state index in [1.807, 2.05) is 0 Å². The highest BCUT2D eigenvalue weighted by atomic mass is 16.5. The number of fused-ring (bicyclic) bond motifs is 5. The molecule has 0 bridgehead atoms. The molecule has 5 rings (SSSR count). The molecule has 0 spiro atoms. The third-order valence-corrected chi connectivity index (χ3v) is 9.88. The maximum Gasteiger partial charge on any atom is 0.309 e. The van der Waals surface area contributed by atoms with E-state index >= 15 is 0 Å². The zero-order valence-electron chi connectivity index (χ0n) is 18.2. The van der Waals surface area contributed by atoms with Gasteiger partial charge in [-0.25, -0.2) is 0 Å². The summed E-state index contributed by atoms with van der Waals surface area (Å²) >= 11 is 0. The zero-order valence-corrected chi connectivity index (χ0v) is 18.2. The number of ether oxygens (including phenoxy) is 2. The Balaban J connectivity index is 1.36. The van der Waals surface area contributed by atoms with Crippen molar-refractivity contribution in [3.05, 3.63) is 11.6 Å². The SMILES string of the molecule is CC(=O)O[C@H]1CC[C@@]2(C)[C@H](CC[C@H]3C4=CC[C@H]([C@H]5CCOC5=O)[C@@]4(C)CC[C@@H]32)C1. The third-order valence-electron chi connectivity index (χ3n) is 9.88. The Hall–Kier alpha value is -1.32. The van der Waals surface area contributed by atoms with Crippen molar-refractivity contribution < 1.29 is 19.1 Å². The molecule has 0 unspecified atom stereocenters. The van der Waals surface area contributed by atoms with Gasteiger partial charge in [-0.1, -0.05) is 25.5 Å². The van der Waals surface area contributed by atoms with Crippen LogP contribution in [-0.4, -0.2) is 24.6 Å². The molecule has 0 radical (unpaired) electrons. The van der Waals surface area contributed by atoms with Gasteiger partial charge in [0.25, 0.3) is 0 Å². The van der Waals surface area contributed by atoms with Gasteiger partial charge in [-0.15, -0.1) is 0 Å². The Labute approximate surface area is 174 Å². The Bertz CT molecular complexity index is 741. The van der Waals surface area contributed by atoms with E-state index in [1.165, 1.54) is 39.0 Å². The lowest BCUT2D eigenvalue weighted by molar-refractivity contribution is -0.155. The molecule has 1 saturated heterocycles. The van der Waals surface area contributed by atoms with E-state index in [9.17, 15) is 9.59 Å². The molecule has 0 N–H and O–H groups in total. The molecule has 0 aromatic carbocycles. The van der Waals surface area contributed by atoms with Crippen LogP contribution in [-0.2, 0) is 19.1 Å². The van der Waals surface area contributed by atoms with Crippen LogP contribution < -0.4 is 0 Å². The molecule has 3 saturated carbocycles. The van der Waals surface area contributed by atoms with Crippen LogP contribution in [0.1, 0.15) is 78.6 Å². The number of rotatable bonds is 2. The van der Waals surface area contributed by atoms with Crippen LogP contribution in [0.15, 0.2) is 11.6 Å². The summed E-state index contributed by atoms with van der Waals surface area (Å²) in [5.74, 6) is 2.57. The highest BCUT2D eigenvalue weighted by molar-refractivity contribution is 5.75. The molecule has 0 amide bonds. The minimum Gasteiger partial charge on any atom is -0.465 e. The molecule has 1 heterocycles. The van der Waals surface area contributed by atoms with Crippen LogP contribution in [0.5, 0.6) is 0 Å². The fourth-order valence-electron chi connectivity index (χ4n) is 8.41. The van der Waals surface area contributed by atoms with Crippen LogP contribution >= 0.6 is 0 Å². The molecule has 5 aliphatic rings. The van der Waals surface area contributed by atoms with Crippen molar-refractivity contribution in [2.75, 3.05) is 6.61 Å². The van der Waals surface area contributed by atoms with Gasteiger partial charge in [0.05, 0.1) is 12.5 Å². The molecule has 4 fully saturated rings. The van der Waals surface area contributed by atoms with E-state index < -0.39 is 0 Å². The topological polar surface area (TPSA) is 52.6 Å². The number of hydrogen-bond acceptors (Lipinski definition) is 4. The first-order valence-electron chi connectivity index (χ1n) is 11.9. The summed E-state index contributed by atoms with van der Waals surface area (Å²) in [4.78, 5) is 23.8. The fourth-order valence-corrected chi connectivity index (χ4v) is 8.41. The molecule has 4 aliphatic carbocycles. The van der Waals surface area contributed by atoms with Crippen molar-refractivity contribution in [3.63, 3.8) is 0 Å². The Morgan fingerprint density at radius 3 is 2.62 bits per heavy atom. The maximum atomic E-state index is 12.3. The van der Waals surface area contributed by atoms with Crippen molar-refractivity contribution in [2.45, 2.75) is 84.7 Å². The number of cyclic esters (lactones) is 1. The van der Waals surface area contributed by atoms with Crippen LogP contribution in [0, 0.1) is 40.4 Å². The molecule has 4 nitrogen and oxygen atoms in total. The lowest BCUT2D eigenvalue weighted by Gasteiger charge is -2.59. The number of carbonyl (C=O) groups excluding carboxylic acids is 2. The van der Waals surface area contributed by atoms with Crippen LogP contribution in [0.2, 0.25) is 0 Å². The van der Waals surface area contributed by atoms with Gasteiger partial charge < -0.3 is 9.47 Å². The molecular formula is C25H36O4. The molecule has 0 aromatic rings. The van der Waals surface area contributed by atoms with E-state index in [4.69, 9.17) is 9.47 Å². The molecular weight excluding hydrogens is 364 g/mol. The highest BCUT2D eigenvalue weighted by Gasteiger charge is 2.59. The largest absolute Gasteiger partial charge is 0.465 e. The van der Waals surface area contributed by atoms with Crippen molar-refractivity contribution in [3.8, 4) is 0 Å². The maximum absolute atomic E-state index is 12.3. The van der Waals surface area contributed by atoms with Crippen LogP contribution in [0.4, 0.5) is 0 Å². The van der Waals surface area contributed by atoms with Gasteiger partial charge in [0.1, 0.15) is 6.10 Å². The van der Waals surface area contributed by atoms with E-state index in [1.54, 1.807) is 5.57 Å².